The molecule has 1 aromatic rings. The fourth-order valence-corrected chi connectivity index (χ4v) is 2.19. The van der Waals surface area contributed by atoms with Crippen molar-refractivity contribution in [3.05, 3.63) is 29.3 Å². The first-order valence-electron chi connectivity index (χ1n) is 6.51. The number of urea groups is 1. The highest BCUT2D eigenvalue weighted by Crippen LogP contribution is 2.23. The molecule has 1 fully saturated rings. The lowest BCUT2D eigenvalue weighted by Crippen LogP contribution is -2.42. The number of aliphatic hydroxyl groups is 1. The molecular formula is C14H17ClN2O4. The van der Waals surface area contributed by atoms with Crippen LogP contribution in [0.2, 0.25) is 5.02 Å². The number of nitrogens with zero attached hydrogens (tertiary/aromatic N) is 1. The molecule has 1 atom stereocenters. The van der Waals surface area contributed by atoms with Gasteiger partial charge in [-0.15, -0.1) is 0 Å². The van der Waals surface area contributed by atoms with E-state index in [2.05, 4.69) is 5.32 Å². The second-order valence-corrected chi connectivity index (χ2v) is 5.77. The zero-order valence-electron chi connectivity index (χ0n) is 11.8. The van der Waals surface area contributed by atoms with E-state index in [1.165, 1.54) is 0 Å². The quantitative estimate of drug-likeness (QED) is 0.806. The van der Waals surface area contributed by atoms with E-state index in [-0.39, 0.29) is 19.1 Å². The van der Waals surface area contributed by atoms with Gasteiger partial charge in [0.1, 0.15) is 24.0 Å². The summed E-state index contributed by atoms with van der Waals surface area (Å²) in [7, 11) is 0. The van der Waals surface area contributed by atoms with Crippen LogP contribution in [0.1, 0.15) is 13.8 Å². The van der Waals surface area contributed by atoms with Crippen LogP contribution < -0.4 is 10.1 Å². The van der Waals surface area contributed by atoms with E-state index >= 15 is 0 Å². The maximum atomic E-state index is 12.0. The van der Waals surface area contributed by atoms with Crippen LogP contribution in [-0.2, 0) is 4.79 Å². The van der Waals surface area contributed by atoms with E-state index in [9.17, 15) is 14.7 Å². The van der Waals surface area contributed by atoms with Gasteiger partial charge in [0.2, 0.25) is 0 Å². The number of β-amino-alcohol motifs (C(OH)–C–C–N with tert-alkyl or cyclic N) is 1. The highest BCUT2D eigenvalue weighted by Gasteiger charge is 2.44. The Morgan fingerprint density at radius 3 is 2.62 bits per heavy atom. The molecule has 0 unspecified atom stereocenters. The van der Waals surface area contributed by atoms with E-state index in [4.69, 9.17) is 16.3 Å². The number of rotatable bonds is 5. The molecule has 0 radical (unpaired) electrons. The van der Waals surface area contributed by atoms with Crippen molar-refractivity contribution >= 4 is 23.5 Å². The number of para-hydroxylation sites is 1. The predicted octanol–water partition coefficient (Wildman–Crippen LogP) is 1.41. The first-order valence-corrected chi connectivity index (χ1v) is 6.88. The average molecular weight is 313 g/mol. The molecule has 2 N–H and O–H groups in total. The van der Waals surface area contributed by atoms with Crippen molar-refractivity contribution in [1.29, 1.82) is 0 Å². The van der Waals surface area contributed by atoms with E-state index in [1.807, 2.05) is 0 Å². The molecule has 1 aromatic carbocycles. The lowest BCUT2D eigenvalue weighted by Gasteiger charge is -2.19. The van der Waals surface area contributed by atoms with Crippen LogP contribution in [0, 0.1) is 0 Å². The van der Waals surface area contributed by atoms with Crippen molar-refractivity contribution in [2.75, 3.05) is 13.2 Å². The van der Waals surface area contributed by atoms with Crippen LogP contribution in [0.5, 0.6) is 5.75 Å². The molecule has 1 saturated heterocycles. The largest absolute Gasteiger partial charge is 0.489 e. The first-order chi connectivity index (χ1) is 9.81. The smallest absolute Gasteiger partial charge is 0.325 e. The molecule has 21 heavy (non-hydrogen) atoms. The van der Waals surface area contributed by atoms with Crippen molar-refractivity contribution in [1.82, 2.24) is 10.2 Å². The summed E-state index contributed by atoms with van der Waals surface area (Å²) in [5.74, 6) is 0.0695. The molecule has 0 saturated carbocycles. The van der Waals surface area contributed by atoms with Crippen LogP contribution in [0.15, 0.2) is 24.3 Å². The molecule has 1 aliphatic heterocycles. The maximum absolute atomic E-state index is 12.0. The Morgan fingerprint density at radius 1 is 1.38 bits per heavy atom. The lowest BCUT2D eigenvalue weighted by atomic mass is 10.1. The lowest BCUT2D eigenvalue weighted by molar-refractivity contribution is -0.131. The molecule has 0 spiro atoms. The van der Waals surface area contributed by atoms with Crippen LogP contribution in [0.3, 0.4) is 0 Å². The Kier molecular flexibility index (Phi) is 4.39. The maximum Gasteiger partial charge on any atom is 0.325 e. The number of imide groups is 1. The standard InChI is InChI=1S/C14H17ClN2O4/c1-14(2)12(19)17(13(20)16-14)7-9(18)8-21-11-6-4-3-5-10(11)15/h3-6,9,18H,7-8H2,1-2H3,(H,16,20)/t9-/m0/s1. The van der Waals surface area contributed by atoms with Crippen LogP contribution >= 0.6 is 11.6 Å². The van der Waals surface area contributed by atoms with Crippen LogP contribution in [-0.4, -0.2) is 46.7 Å². The van der Waals surface area contributed by atoms with Crippen molar-refractivity contribution in [2.45, 2.75) is 25.5 Å². The summed E-state index contributed by atoms with van der Waals surface area (Å²) in [5, 5.41) is 12.9. The molecule has 1 aliphatic rings. The summed E-state index contributed by atoms with van der Waals surface area (Å²) in [5.41, 5.74) is -0.944. The van der Waals surface area contributed by atoms with E-state index in [0.29, 0.717) is 10.8 Å². The number of aliphatic hydroxyl groups excluding tert-OH is 1. The Morgan fingerprint density at radius 2 is 2.05 bits per heavy atom. The van der Waals surface area contributed by atoms with Crippen LogP contribution in [0.25, 0.3) is 0 Å². The Labute approximate surface area is 127 Å². The molecule has 114 valence electrons. The number of hydrogen-bond donors (Lipinski definition) is 2. The number of hydrogen-bond acceptors (Lipinski definition) is 4. The predicted molar refractivity (Wildman–Crippen MR) is 77.3 cm³/mol. The summed E-state index contributed by atoms with van der Waals surface area (Å²) >= 11 is 5.93. The van der Waals surface area contributed by atoms with Gasteiger partial charge in [0, 0.05) is 0 Å². The monoisotopic (exact) mass is 312 g/mol. The molecular weight excluding hydrogens is 296 g/mol. The second kappa shape index (κ2) is 5.91. The molecule has 6 nitrogen and oxygen atoms in total. The van der Waals surface area contributed by atoms with Gasteiger partial charge >= 0.3 is 6.03 Å². The zero-order valence-corrected chi connectivity index (χ0v) is 12.6. The Balaban J connectivity index is 1.91. The van der Waals surface area contributed by atoms with Crippen molar-refractivity contribution < 1.29 is 19.4 Å². The highest BCUT2D eigenvalue weighted by atomic mass is 35.5. The molecule has 7 heteroatoms. The molecule has 0 aliphatic carbocycles. The van der Waals surface area contributed by atoms with E-state index in [0.717, 1.165) is 4.90 Å². The molecule has 1 heterocycles. The van der Waals surface area contributed by atoms with Gasteiger partial charge in [0.15, 0.2) is 0 Å². The fourth-order valence-electron chi connectivity index (χ4n) is 1.99. The average Bonchev–Trinajstić information content (AvgIpc) is 2.60. The minimum Gasteiger partial charge on any atom is -0.489 e. The highest BCUT2D eigenvalue weighted by molar-refractivity contribution is 6.32. The topological polar surface area (TPSA) is 78.9 Å². The van der Waals surface area contributed by atoms with Crippen molar-refractivity contribution in [3.63, 3.8) is 0 Å². The zero-order chi connectivity index (χ0) is 15.6. The van der Waals surface area contributed by atoms with E-state index in [1.54, 1.807) is 38.1 Å². The van der Waals surface area contributed by atoms with Crippen LogP contribution in [0.4, 0.5) is 4.79 Å². The van der Waals surface area contributed by atoms with Gasteiger partial charge in [-0.2, -0.15) is 0 Å². The molecule has 0 aromatic heterocycles. The summed E-state index contributed by atoms with van der Waals surface area (Å²) in [4.78, 5) is 24.6. The molecule has 3 amide bonds. The third-order valence-electron chi connectivity index (χ3n) is 3.11. The molecule has 2 rings (SSSR count). The second-order valence-electron chi connectivity index (χ2n) is 5.37. The fraction of sp³-hybridized carbons (Fsp3) is 0.429. The van der Waals surface area contributed by atoms with Gasteiger partial charge < -0.3 is 15.2 Å². The third-order valence-corrected chi connectivity index (χ3v) is 3.42. The van der Waals surface area contributed by atoms with Gasteiger partial charge in [-0.1, -0.05) is 23.7 Å². The SMILES string of the molecule is CC1(C)NC(=O)N(C[C@H](O)COc2ccccc2Cl)C1=O. The van der Waals surface area contributed by atoms with Gasteiger partial charge in [0.05, 0.1) is 11.6 Å². The van der Waals surface area contributed by atoms with Gasteiger partial charge in [0.25, 0.3) is 5.91 Å². The number of carbonyl (C=O) groups is 2. The first kappa shape index (κ1) is 15.6. The number of benzene rings is 1. The van der Waals surface area contributed by atoms with Crippen molar-refractivity contribution in [3.8, 4) is 5.75 Å². The number of nitrogens with one attached hydrogen (secondary N) is 1. The Bertz CT molecular complexity index is 562. The number of amides is 3. The molecule has 0 bridgehead atoms. The summed E-state index contributed by atoms with van der Waals surface area (Å²) in [6.07, 6.45) is -0.995. The normalized spacial score (nSPS) is 18.6. The minimum absolute atomic E-state index is 0.0682. The number of ether oxygens (including phenoxy) is 1. The summed E-state index contributed by atoms with van der Waals surface area (Å²) in [6, 6.07) is 6.35. The van der Waals surface area contributed by atoms with Gasteiger partial charge in [-0.05, 0) is 26.0 Å². The minimum atomic E-state index is -0.995. The van der Waals surface area contributed by atoms with Gasteiger partial charge in [-0.25, -0.2) is 4.79 Å². The summed E-state index contributed by atoms with van der Waals surface area (Å²) in [6.45, 7) is 3.03. The van der Waals surface area contributed by atoms with Crippen molar-refractivity contribution in [2.24, 2.45) is 0 Å². The Hall–Kier alpha value is -1.79. The number of halogens is 1. The summed E-state index contributed by atoms with van der Waals surface area (Å²) < 4.78 is 5.38. The van der Waals surface area contributed by atoms with E-state index < -0.39 is 17.7 Å². The number of carbonyl (C=O) groups excluding carboxylic acids is 2. The third kappa shape index (κ3) is 3.46. The van der Waals surface area contributed by atoms with Gasteiger partial charge in [-0.3, -0.25) is 9.69 Å².